The molecule has 6 nitrogen and oxygen atoms in total. The minimum Gasteiger partial charge on any atom is -0.503 e. The maximum Gasteiger partial charge on any atom is 2.00 e. The van der Waals surface area contributed by atoms with Crippen LogP contribution in [0, 0.1) is 26.0 Å². The van der Waals surface area contributed by atoms with Crippen molar-refractivity contribution in [3.8, 4) is 28.4 Å². The molecular weight excluding hydrogens is 750 g/mol. The van der Waals surface area contributed by atoms with Gasteiger partial charge in [-0.2, -0.15) is 11.2 Å². The zero-order valence-electron chi connectivity index (χ0n) is 26.2. The van der Waals surface area contributed by atoms with Crippen molar-refractivity contribution >= 4 is 38.5 Å². The van der Waals surface area contributed by atoms with Crippen LogP contribution in [0.5, 0.6) is 11.5 Å². The Kier molecular flexibility index (Phi) is 7.29. The van der Waals surface area contributed by atoms with Gasteiger partial charge in [-0.05, 0) is 71.3 Å². The first kappa shape index (κ1) is 29.9. The molecule has 0 atom stereocenters. The summed E-state index contributed by atoms with van der Waals surface area (Å²) in [5, 5.41) is 7.88. The summed E-state index contributed by atoms with van der Waals surface area (Å²) in [4.78, 5) is 9.69. The average molecular weight is 781 g/mol. The van der Waals surface area contributed by atoms with Gasteiger partial charge in [-0.25, -0.2) is 4.98 Å². The minimum absolute atomic E-state index is 0. The fraction of sp³-hybridized carbons (Fsp3) is 0.154. The Hall–Kier alpha value is -4.80. The van der Waals surface area contributed by atoms with E-state index in [-0.39, 0.29) is 26.5 Å². The van der Waals surface area contributed by atoms with Gasteiger partial charge >= 0.3 is 21.1 Å². The number of nitrogens with zero attached hydrogens (tertiary/aromatic N) is 5. The van der Waals surface area contributed by atoms with Gasteiger partial charge in [0.2, 0.25) is 0 Å². The number of aromatic nitrogens is 5. The van der Waals surface area contributed by atoms with Crippen molar-refractivity contribution in [1.29, 1.82) is 0 Å². The zero-order chi connectivity index (χ0) is 30.9. The van der Waals surface area contributed by atoms with Crippen molar-refractivity contribution in [3.63, 3.8) is 0 Å². The van der Waals surface area contributed by atoms with Crippen LogP contribution in [0.15, 0.2) is 97.3 Å². The van der Waals surface area contributed by atoms with Crippen LogP contribution in [0.1, 0.15) is 37.5 Å². The van der Waals surface area contributed by atoms with Gasteiger partial charge in [0.15, 0.2) is 0 Å². The molecule has 8 aromatic rings. The van der Waals surface area contributed by atoms with Crippen molar-refractivity contribution in [1.82, 2.24) is 24.1 Å². The molecule has 0 bridgehead atoms. The second-order valence-electron chi connectivity index (χ2n) is 12.6. The number of pyridine rings is 2. The Balaban J connectivity index is 0.00000338. The molecule has 0 aliphatic rings. The maximum absolute atomic E-state index is 6.35. The second-order valence-corrected chi connectivity index (χ2v) is 12.6. The van der Waals surface area contributed by atoms with Crippen LogP contribution in [0.25, 0.3) is 55.4 Å². The molecule has 0 unspecified atom stereocenters. The summed E-state index contributed by atoms with van der Waals surface area (Å²) < 4.78 is 10.3. The van der Waals surface area contributed by atoms with Crippen molar-refractivity contribution in [2.24, 2.45) is 0 Å². The van der Waals surface area contributed by atoms with Crippen molar-refractivity contribution in [3.05, 3.63) is 126 Å². The molecule has 0 amide bonds. The van der Waals surface area contributed by atoms with Crippen LogP contribution in [-0.4, -0.2) is 24.1 Å². The Labute approximate surface area is 282 Å². The van der Waals surface area contributed by atoms with Crippen LogP contribution in [-0.2, 0) is 26.5 Å². The molecule has 0 aliphatic heterocycles. The Morgan fingerprint density at radius 3 is 2.35 bits per heavy atom. The molecule has 46 heavy (non-hydrogen) atoms. The number of para-hydroxylation sites is 2. The Morgan fingerprint density at radius 1 is 0.761 bits per heavy atom. The van der Waals surface area contributed by atoms with E-state index in [4.69, 9.17) is 19.8 Å². The molecular formula is C39H31N5OPt. The van der Waals surface area contributed by atoms with E-state index in [0.717, 1.165) is 49.9 Å². The van der Waals surface area contributed by atoms with E-state index in [0.29, 0.717) is 11.5 Å². The smallest absolute Gasteiger partial charge is 0.503 e. The Bertz CT molecular complexity index is 2410. The number of benzene rings is 4. The normalized spacial score (nSPS) is 11.8. The summed E-state index contributed by atoms with van der Waals surface area (Å²) in [7, 11) is 0. The van der Waals surface area contributed by atoms with E-state index in [1.807, 2.05) is 65.6 Å². The third-order valence-electron chi connectivity index (χ3n) is 8.46. The number of hydrogen-bond donors (Lipinski definition) is 0. The van der Waals surface area contributed by atoms with Crippen molar-refractivity contribution < 1.29 is 25.8 Å². The van der Waals surface area contributed by atoms with Crippen LogP contribution in [0.2, 0.25) is 0 Å². The van der Waals surface area contributed by atoms with E-state index in [2.05, 4.69) is 87.6 Å². The molecule has 4 heterocycles. The maximum atomic E-state index is 6.35. The number of fused-ring (bicyclic) bond motifs is 8. The molecule has 0 aliphatic carbocycles. The SMILES string of the molecule is Cc1cc(C(C)(C)C)cc(C)c1-c1ccn(-c2[c-]c(Oc3[c-]c4c(cc3)c3cccnc3n3c5ccccc5nc43)ccc2)n1.[Pt+2]. The molecule has 228 valence electrons. The zero-order valence-corrected chi connectivity index (χ0v) is 28.5. The monoisotopic (exact) mass is 780 g/mol. The third-order valence-corrected chi connectivity index (χ3v) is 8.46. The molecule has 0 radical (unpaired) electrons. The molecule has 0 saturated carbocycles. The molecule has 0 spiro atoms. The first-order chi connectivity index (χ1) is 21.7. The van der Waals surface area contributed by atoms with E-state index < -0.39 is 0 Å². The van der Waals surface area contributed by atoms with Gasteiger partial charge < -0.3 is 9.14 Å². The number of rotatable bonds is 4. The molecule has 4 aromatic heterocycles. The Morgan fingerprint density at radius 2 is 1.54 bits per heavy atom. The predicted octanol–water partition coefficient (Wildman–Crippen LogP) is 9.35. The quantitative estimate of drug-likeness (QED) is 0.132. The summed E-state index contributed by atoms with van der Waals surface area (Å²) in [6.45, 7) is 11.1. The standard InChI is InChI=1S/C39H31N5O.Pt/c1-24-20-26(39(3,4)5)21-25(2)36(24)34-17-19-43(42-34)27-10-8-11-28(22-27)45-29-15-16-30-31-12-9-18-40-37(31)44-35-14-7-6-13-33(35)41-38(44)32(30)23-29;/h6-21H,1-5H3;/q-2;+2. The average Bonchev–Trinajstić information content (AvgIpc) is 3.67. The number of ether oxygens (including phenoxy) is 1. The predicted molar refractivity (Wildman–Crippen MR) is 180 cm³/mol. The number of imidazole rings is 1. The van der Waals surface area contributed by atoms with Crippen LogP contribution < -0.4 is 4.74 Å². The fourth-order valence-corrected chi connectivity index (χ4v) is 6.27. The van der Waals surface area contributed by atoms with Gasteiger partial charge in [0.1, 0.15) is 5.65 Å². The molecule has 8 rings (SSSR count). The summed E-state index contributed by atoms with van der Waals surface area (Å²) in [6, 6.07) is 35.5. The van der Waals surface area contributed by atoms with Gasteiger partial charge in [0.05, 0.1) is 22.4 Å². The van der Waals surface area contributed by atoms with Crippen LogP contribution >= 0.6 is 0 Å². The first-order valence-corrected chi connectivity index (χ1v) is 15.1. The van der Waals surface area contributed by atoms with E-state index in [1.54, 1.807) is 0 Å². The molecule has 4 aromatic carbocycles. The first-order valence-electron chi connectivity index (χ1n) is 15.1. The van der Waals surface area contributed by atoms with Gasteiger partial charge in [-0.3, -0.25) is 9.67 Å². The third kappa shape index (κ3) is 4.98. The summed E-state index contributed by atoms with van der Waals surface area (Å²) in [6.07, 6.45) is 3.79. The van der Waals surface area contributed by atoms with Crippen LogP contribution in [0.4, 0.5) is 0 Å². The van der Waals surface area contributed by atoms with Crippen molar-refractivity contribution in [2.75, 3.05) is 0 Å². The topological polar surface area (TPSA) is 57.2 Å². The second kappa shape index (κ2) is 11.2. The summed E-state index contributed by atoms with van der Waals surface area (Å²) >= 11 is 0. The number of hydrogen-bond acceptors (Lipinski definition) is 4. The van der Waals surface area contributed by atoms with Gasteiger partial charge in [0, 0.05) is 29.5 Å². The van der Waals surface area contributed by atoms with E-state index in [1.165, 1.54) is 22.3 Å². The molecule has 0 N–H and O–H groups in total. The largest absolute Gasteiger partial charge is 2.00 e. The minimum atomic E-state index is 0. The molecule has 7 heteroatoms. The van der Waals surface area contributed by atoms with Crippen LogP contribution in [0.3, 0.4) is 0 Å². The fourth-order valence-electron chi connectivity index (χ4n) is 6.27. The van der Waals surface area contributed by atoms with E-state index >= 15 is 0 Å². The van der Waals surface area contributed by atoms with Gasteiger partial charge in [-0.15, -0.1) is 30.3 Å². The summed E-state index contributed by atoms with van der Waals surface area (Å²) in [5.41, 5.74) is 10.3. The number of aryl methyl sites for hydroxylation is 2. The molecule has 0 fully saturated rings. The van der Waals surface area contributed by atoms with Gasteiger partial charge in [0.25, 0.3) is 0 Å². The van der Waals surface area contributed by atoms with Crippen molar-refractivity contribution in [2.45, 2.75) is 40.0 Å². The van der Waals surface area contributed by atoms with Gasteiger partial charge in [-0.1, -0.05) is 67.9 Å². The molecule has 0 saturated heterocycles. The summed E-state index contributed by atoms with van der Waals surface area (Å²) in [5.74, 6) is 1.16. The van der Waals surface area contributed by atoms with E-state index in [9.17, 15) is 0 Å².